The van der Waals surface area contributed by atoms with E-state index in [0.29, 0.717) is 24.3 Å². The van der Waals surface area contributed by atoms with E-state index in [1.807, 2.05) is 24.6 Å². The molecular formula is C21H27N5O3. The fourth-order valence-electron chi connectivity index (χ4n) is 3.34. The lowest BCUT2D eigenvalue weighted by atomic mass is 10.1. The highest BCUT2D eigenvalue weighted by atomic mass is 16.2. The number of hydrogen-bond acceptors (Lipinski definition) is 4. The molecule has 0 saturated carbocycles. The molecule has 154 valence electrons. The van der Waals surface area contributed by atoms with E-state index in [4.69, 9.17) is 0 Å². The number of aromatic nitrogens is 2. The Hall–Kier alpha value is -3.16. The van der Waals surface area contributed by atoms with Crippen molar-refractivity contribution in [2.45, 2.75) is 39.3 Å². The molecule has 2 aromatic rings. The fraction of sp³-hybridized carbons (Fsp3) is 0.429. The van der Waals surface area contributed by atoms with Crippen LogP contribution >= 0.6 is 0 Å². The zero-order chi connectivity index (χ0) is 20.8. The Morgan fingerprint density at radius 2 is 2.00 bits per heavy atom. The normalized spacial score (nSPS) is 16.3. The number of amides is 3. The second kappa shape index (κ2) is 9.36. The number of anilines is 1. The molecule has 1 fully saturated rings. The number of imidazole rings is 1. The first-order chi connectivity index (χ1) is 13.9. The van der Waals surface area contributed by atoms with Gasteiger partial charge in [-0.15, -0.1) is 0 Å². The minimum Gasteiger partial charge on any atom is -0.352 e. The molecule has 1 aliphatic rings. The van der Waals surface area contributed by atoms with Crippen molar-refractivity contribution in [2.24, 2.45) is 5.92 Å². The van der Waals surface area contributed by atoms with Gasteiger partial charge in [-0.3, -0.25) is 14.4 Å². The summed E-state index contributed by atoms with van der Waals surface area (Å²) in [6, 6.07) is 6.87. The van der Waals surface area contributed by atoms with E-state index in [9.17, 15) is 14.4 Å². The number of carbonyl (C=O) groups is 3. The summed E-state index contributed by atoms with van der Waals surface area (Å²) in [4.78, 5) is 42.3. The predicted octanol–water partition coefficient (Wildman–Crippen LogP) is 1.90. The minimum absolute atomic E-state index is 0.0141. The Labute approximate surface area is 170 Å². The molecule has 29 heavy (non-hydrogen) atoms. The smallest absolute Gasteiger partial charge is 0.251 e. The molecule has 3 amide bonds. The average Bonchev–Trinajstić information content (AvgIpc) is 3.35. The van der Waals surface area contributed by atoms with Gasteiger partial charge in [0.05, 0.1) is 12.2 Å². The van der Waals surface area contributed by atoms with Gasteiger partial charge in [0, 0.05) is 55.7 Å². The first-order valence-electron chi connectivity index (χ1n) is 9.88. The van der Waals surface area contributed by atoms with Crippen LogP contribution in [0.5, 0.6) is 0 Å². The second-order valence-corrected chi connectivity index (χ2v) is 7.52. The lowest BCUT2D eigenvalue weighted by Crippen LogP contribution is -2.33. The summed E-state index contributed by atoms with van der Waals surface area (Å²) in [5, 5.41) is 5.72. The van der Waals surface area contributed by atoms with Crippen LogP contribution in [-0.4, -0.2) is 51.3 Å². The van der Waals surface area contributed by atoms with Gasteiger partial charge < -0.3 is 20.1 Å². The lowest BCUT2D eigenvalue weighted by molar-refractivity contribution is -0.129. The first-order valence-corrected chi connectivity index (χ1v) is 9.88. The molecule has 0 radical (unpaired) electrons. The molecule has 2 N–H and O–H groups in total. The molecule has 1 unspecified atom stereocenters. The molecule has 8 heteroatoms. The number of nitrogens with one attached hydrogen (secondary N) is 2. The maximum Gasteiger partial charge on any atom is 0.251 e. The molecule has 1 aromatic carbocycles. The van der Waals surface area contributed by atoms with Crippen LogP contribution in [0.25, 0.3) is 0 Å². The van der Waals surface area contributed by atoms with Crippen LogP contribution in [0.15, 0.2) is 43.0 Å². The van der Waals surface area contributed by atoms with Crippen molar-refractivity contribution in [2.75, 3.05) is 18.4 Å². The van der Waals surface area contributed by atoms with Crippen LogP contribution in [-0.2, 0) is 16.1 Å². The third-order valence-corrected chi connectivity index (χ3v) is 5.01. The lowest BCUT2D eigenvalue weighted by Gasteiger charge is -2.20. The van der Waals surface area contributed by atoms with Gasteiger partial charge in [-0.1, -0.05) is 0 Å². The van der Waals surface area contributed by atoms with Crippen LogP contribution in [0.3, 0.4) is 0 Å². The average molecular weight is 397 g/mol. The molecule has 1 aromatic heterocycles. The van der Waals surface area contributed by atoms with E-state index in [1.54, 1.807) is 41.7 Å². The summed E-state index contributed by atoms with van der Waals surface area (Å²) in [5.41, 5.74) is 1.15. The molecule has 2 heterocycles. The van der Waals surface area contributed by atoms with Crippen molar-refractivity contribution in [3.8, 4) is 0 Å². The zero-order valence-corrected chi connectivity index (χ0v) is 16.8. The highest BCUT2D eigenvalue weighted by Gasteiger charge is 2.35. The SMILES string of the molecule is CC(C)N1CC(C(=O)Nc2ccc(C(=O)NCCCn3ccnc3)cc2)CC1=O. The highest BCUT2D eigenvalue weighted by molar-refractivity contribution is 5.98. The van der Waals surface area contributed by atoms with Crippen molar-refractivity contribution in [1.29, 1.82) is 0 Å². The molecule has 0 bridgehead atoms. The Morgan fingerprint density at radius 1 is 1.24 bits per heavy atom. The maximum atomic E-state index is 12.4. The topological polar surface area (TPSA) is 96.3 Å². The number of benzene rings is 1. The summed E-state index contributed by atoms with van der Waals surface area (Å²) < 4.78 is 1.96. The maximum absolute atomic E-state index is 12.4. The second-order valence-electron chi connectivity index (χ2n) is 7.52. The van der Waals surface area contributed by atoms with E-state index in [0.717, 1.165) is 13.0 Å². The van der Waals surface area contributed by atoms with Gasteiger partial charge in [0.1, 0.15) is 0 Å². The Kier molecular flexibility index (Phi) is 6.64. The summed E-state index contributed by atoms with van der Waals surface area (Å²) in [5.74, 6) is -0.649. The summed E-state index contributed by atoms with van der Waals surface area (Å²) in [7, 11) is 0. The number of nitrogens with zero attached hydrogens (tertiary/aromatic N) is 3. The Morgan fingerprint density at radius 3 is 2.62 bits per heavy atom. The fourth-order valence-corrected chi connectivity index (χ4v) is 3.34. The van der Waals surface area contributed by atoms with Gasteiger partial charge in [0.15, 0.2) is 0 Å². The van der Waals surface area contributed by atoms with E-state index >= 15 is 0 Å². The standard InChI is InChI=1S/C21H27N5O3/c1-15(2)26-13-17(12-19(26)27)21(29)24-18-6-4-16(5-7-18)20(28)23-8-3-10-25-11-9-22-14-25/h4-7,9,11,14-15,17H,3,8,10,12-13H2,1-2H3,(H,23,28)(H,24,29). The Bertz CT molecular complexity index is 846. The van der Waals surface area contributed by atoms with E-state index in [1.165, 1.54) is 0 Å². The zero-order valence-electron chi connectivity index (χ0n) is 16.8. The van der Waals surface area contributed by atoms with Crippen molar-refractivity contribution in [3.63, 3.8) is 0 Å². The monoisotopic (exact) mass is 397 g/mol. The van der Waals surface area contributed by atoms with Crippen LogP contribution in [0.4, 0.5) is 5.69 Å². The molecule has 0 aliphatic carbocycles. The van der Waals surface area contributed by atoms with Gasteiger partial charge in [0.2, 0.25) is 11.8 Å². The summed E-state index contributed by atoms with van der Waals surface area (Å²) >= 11 is 0. The third-order valence-electron chi connectivity index (χ3n) is 5.01. The van der Waals surface area contributed by atoms with Crippen molar-refractivity contribution < 1.29 is 14.4 Å². The van der Waals surface area contributed by atoms with Crippen LogP contribution in [0.2, 0.25) is 0 Å². The van der Waals surface area contributed by atoms with Gasteiger partial charge in [-0.2, -0.15) is 0 Å². The van der Waals surface area contributed by atoms with Crippen molar-refractivity contribution in [3.05, 3.63) is 48.5 Å². The van der Waals surface area contributed by atoms with E-state index in [-0.39, 0.29) is 36.1 Å². The molecular weight excluding hydrogens is 370 g/mol. The third kappa shape index (κ3) is 5.43. The van der Waals surface area contributed by atoms with Gasteiger partial charge in [-0.25, -0.2) is 4.98 Å². The number of hydrogen-bond donors (Lipinski definition) is 2. The minimum atomic E-state index is -0.344. The number of rotatable bonds is 8. The summed E-state index contributed by atoms with van der Waals surface area (Å²) in [6.45, 7) is 5.70. The number of carbonyl (C=O) groups excluding carboxylic acids is 3. The number of likely N-dealkylation sites (tertiary alicyclic amines) is 1. The van der Waals surface area contributed by atoms with Gasteiger partial charge in [0.25, 0.3) is 5.91 Å². The van der Waals surface area contributed by atoms with Crippen molar-refractivity contribution >= 4 is 23.4 Å². The van der Waals surface area contributed by atoms with Crippen molar-refractivity contribution in [1.82, 2.24) is 19.8 Å². The Balaban J connectivity index is 1.45. The van der Waals surface area contributed by atoms with Gasteiger partial charge >= 0.3 is 0 Å². The van der Waals surface area contributed by atoms with Crippen LogP contribution < -0.4 is 10.6 Å². The molecule has 0 spiro atoms. The molecule has 1 atom stereocenters. The predicted molar refractivity (Wildman–Crippen MR) is 109 cm³/mol. The highest BCUT2D eigenvalue weighted by Crippen LogP contribution is 2.22. The van der Waals surface area contributed by atoms with Gasteiger partial charge in [-0.05, 0) is 44.5 Å². The quantitative estimate of drug-likeness (QED) is 0.665. The van der Waals surface area contributed by atoms with Crippen LogP contribution in [0.1, 0.15) is 37.0 Å². The number of aryl methyl sites for hydroxylation is 1. The van der Waals surface area contributed by atoms with E-state index in [2.05, 4.69) is 15.6 Å². The van der Waals surface area contributed by atoms with E-state index < -0.39 is 0 Å². The largest absolute Gasteiger partial charge is 0.352 e. The first kappa shape index (κ1) is 20.6. The molecule has 1 saturated heterocycles. The molecule has 1 aliphatic heterocycles. The molecule has 3 rings (SSSR count). The molecule has 8 nitrogen and oxygen atoms in total. The summed E-state index contributed by atoms with van der Waals surface area (Å²) in [6.07, 6.45) is 6.41. The van der Waals surface area contributed by atoms with Crippen LogP contribution in [0, 0.1) is 5.92 Å².